The van der Waals surface area contributed by atoms with Gasteiger partial charge in [-0.15, -0.1) is 0 Å². The van der Waals surface area contributed by atoms with Crippen molar-refractivity contribution in [2.45, 2.75) is 6.61 Å². The minimum atomic E-state index is -0.134. The molecule has 4 rings (SSSR count). The fourth-order valence-corrected chi connectivity index (χ4v) is 3.78. The number of amides is 3. The number of hydrogen-bond donors (Lipinski definition) is 1. The van der Waals surface area contributed by atoms with Gasteiger partial charge in [0.15, 0.2) is 0 Å². The van der Waals surface area contributed by atoms with Crippen LogP contribution in [-0.4, -0.2) is 61.5 Å². The van der Waals surface area contributed by atoms with Gasteiger partial charge in [-0.1, -0.05) is 48.5 Å². The first-order chi connectivity index (χ1) is 16.6. The van der Waals surface area contributed by atoms with Crippen molar-refractivity contribution in [3.05, 3.63) is 90.5 Å². The SMILES string of the molecule is CN(C(=O)CN1CCN(C(=O)Nc2ccc(OCc3ccccc3)cc2)CC1)c1ccccc1. The first-order valence-electron chi connectivity index (χ1n) is 11.5. The highest BCUT2D eigenvalue weighted by molar-refractivity contribution is 5.94. The third-order valence-electron chi connectivity index (χ3n) is 5.89. The number of rotatable bonds is 7. The van der Waals surface area contributed by atoms with E-state index in [4.69, 9.17) is 4.74 Å². The van der Waals surface area contributed by atoms with E-state index in [2.05, 4.69) is 10.2 Å². The summed E-state index contributed by atoms with van der Waals surface area (Å²) in [7, 11) is 1.79. The third-order valence-corrected chi connectivity index (χ3v) is 5.89. The van der Waals surface area contributed by atoms with Crippen molar-refractivity contribution in [3.63, 3.8) is 0 Å². The topological polar surface area (TPSA) is 65.1 Å². The van der Waals surface area contributed by atoms with Crippen LogP contribution >= 0.6 is 0 Å². The summed E-state index contributed by atoms with van der Waals surface area (Å²) in [5.74, 6) is 0.791. The van der Waals surface area contributed by atoms with Gasteiger partial charge < -0.3 is 19.9 Å². The van der Waals surface area contributed by atoms with Crippen molar-refractivity contribution < 1.29 is 14.3 Å². The second-order valence-electron chi connectivity index (χ2n) is 8.28. The van der Waals surface area contributed by atoms with Crippen molar-refractivity contribution in [1.29, 1.82) is 0 Å². The number of ether oxygens (including phenoxy) is 1. The number of benzene rings is 3. The second-order valence-corrected chi connectivity index (χ2v) is 8.28. The van der Waals surface area contributed by atoms with E-state index in [1.807, 2.05) is 84.9 Å². The number of anilines is 2. The van der Waals surface area contributed by atoms with Gasteiger partial charge in [0, 0.05) is 44.6 Å². The van der Waals surface area contributed by atoms with Crippen LogP contribution < -0.4 is 15.0 Å². The quantitative estimate of drug-likeness (QED) is 0.580. The van der Waals surface area contributed by atoms with E-state index in [9.17, 15) is 9.59 Å². The molecule has 0 saturated carbocycles. The molecule has 176 valence electrons. The van der Waals surface area contributed by atoms with E-state index in [1.54, 1.807) is 16.8 Å². The largest absolute Gasteiger partial charge is 0.489 e. The van der Waals surface area contributed by atoms with Crippen LogP contribution in [0.1, 0.15) is 5.56 Å². The summed E-state index contributed by atoms with van der Waals surface area (Å²) in [5.41, 5.74) is 2.70. The molecule has 1 N–H and O–H groups in total. The van der Waals surface area contributed by atoms with Gasteiger partial charge in [0.2, 0.25) is 5.91 Å². The lowest BCUT2D eigenvalue weighted by molar-refractivity contribution is -0.119. The van der Waals surface area contributed by atoms with E-state index in [1.165, 1.54) is 0 Å². The van der Waals surface area contributed by atoms with Gasteiger partial charge >= 0.3 is 6.03 Å². The fourth-order valence-electron chi connectivity index (χ4n) is 3.78. The van der Waals surface area contributed by atoms with Crippen LogP contribution in [0.25, 0.3) is 0 Å². The van der Waals surface area contributed by atoms with Gasteiger partial charge in [-0.2, -0.15) is 0 Å². The Kier molecular flexibility index (Phi) is 7.78. The highest BCUT2D eigenvalue weighted by Gasteiger charge is 2.23. The maximum absolute atomic E-state index is 12.7. The van der Waals surface area contributed by atoms with Crippen LogP contribution in [-0.2, 0) is 11.4 Å². The number of carbonyl (C=O) groups excluding carboxylic acids is 2. The molecule has 0 radical (unpaired) electrons. The standard InChI is InChI=1S/C27H30N4O3/c1-29(24-10-6-3-7-11-24)26(32)20-30-16-18-31(19-17-30)27(33)28-23-12-14-25(15-13-23)34-21-22-8-4-2-5-9-22/h2-15H,16-21H2,1H3,(H,28,33). The summed E-state index contributed by atoms with van der Waals surface area (Å²) in [6, 6.07) is 26.8. The first kappa shape index (κ1) is 23.3. The predicted molar refractivity (Wildman–Crippen MR) is 134 cm³/mol. The zero-order valence-electron chi connectivity index (χ0n) is 19.4. The maximum atomic E-state index is 12.7. The number of hydrogen-bond acceptors (Lipinski definition) is 4. The van der Waals surface area contributed by atoms with Gasteiger partial charge in [0.05, 0.1) is 6.54 Å². The molecule has 7 nitrogen and oxygen atoms in total. The molecule has 0 atom stereocenters. The van der Waals surface area contributed by atoms with Gasteiger partial charge in [-0.25, -0.2) is 4.79 Å². The van der Waals surface area contributed by atoms with Crippen LogP contribution in [0.2, 0.25) is 0 Å². The zero-order valence-corrected chi connectivity index (χ0v) is 19.4. The lowest BCUT2D eigenvalue weighted by Crippen LogP contribution is -2.52. The Morgan fingerprint density at radius 3 is 2.12 bits per heavy atom. The molecule has 3 amide bonds. The lowest BCUT2D eigenvalue weighted by Gasteiger charge is -2.35. The zero-order chi connectivity index (χ0) is 23.8. The number of para-hydroxylation sites is 1. The third kappa shape index (κ3) is 6.36. The Labute approximate surface area is 200 Å². The number of nitrogens with zero attached hydrogens (tertiary/aromatic N) is 3. The van der Waals surface area contributed by atoms with E-state index in [0.29, 0.717) is 39.3 Å². The van der Waals surface area contributed by atoms with Crippen molar-refractivity contribution in [3.8, 4) is 5.75 Å². The summed E-state index contributed by atoms with van der Waals surface area (Å²) in [4.78, 5) is 30.8. The van der Waals surface area contributed by atoms with Crippen LogP contribution in [0.3, 0.4) is 0 Å². The minimum absolute atomic E-state index is 0.0404. The molecule has 7 heteroatoms. The van der Waals surface area contributed by atoms with E-state index in [0.717, 1.165) is 22.7 Å². The Hall–Kier alpha value is -3.84. The van der Waals surface area contributed by atoms with Crippen LogP contribution in [0.5, 0.6) is 5.75 Å². The van der Waals surface area contributed by atoms with Crippen molar-refractivity contribution >= 4 is 23.3 Å². The highest BCUT2D eigenvalue weighted by atomic mass is 16.5. The Morgan fingerprint density at radius 1 is 0.853 bits per heavy atom. The van der Waals surface area contributed by atoms with Crippen LogP contribution in [0, 0.1) is 0 Å². The Morgan fingerprint density at radius 2 is 1.47 bits per heavy atom. The predicted octanol–water partition coefficient (Wildman–Crippen LogP) is 4.08. The van der Waals surface area contributed by atoms with Gasteiger partial charge in [-0.05, 0) is 42.0 Å². The molecule has 1 aliphatic heterocycles. The normalized spacial score (nSPS) is 13.9. The number of carbonyl (C=O) groups is 2. The van der Waals surface area contributed by atoms with E-state index in [-0.39, 0.29) is 11.9 Å². The fraction of sp³-hybridized carbons (Fsp3) is 0.259. The average molecular weight is 459 g/mol. The molecule has 0 aromatic heterocycles. The van der Waals surface area contributed by atoms with Crippen molar-refractivity contribution in [2.75, 3.05) is 50.0 Å². The second kappa shape index (κ2) is 11.3. The Bertz CT molecular complexity index is 1070. The van der Waals surface area contributed by atoms with Crippen molar-refractivity contribution in [2.24, 2.45) is 0 Å². The average Bonchev–Trinajstić information content (AvgIpc) is 2.89. The summed E-state index contributed by atoms with van der Waals surface area (Å²) in [6.07, 6.45) is 0. The molecule has 0 spiro atoms. The first-order valence-corrected chi connectivity index (χ1v) is 11.5. The molecule has 3 aromatic rings. The van der Waals surface area contributed by atoms with Crippen LogP contribution in [0.15, 0.2) is 84.9 Å². The highest BCUT2D eigenvalue weighted by Crippen LogP contribution is 2.18. The molecule has 1 heterocycles. The molecule has 1 fully saturated rings. The molecule has 0 unspecified atom stereocenters. The number of nitrogens with one attached hydrogen (secondary N) is 1. The molecule has 0 bridgehead atoms. The molecule has 34 heavy (non-hydrogen) atoms. The number of likely N-dealkylation sites (N-methyl/N-ethyl adjacent to an activating group) is 1. The monoisotopic (exact) mass is 458 g/mol. The van der Waals surface area contributed by atoms with Gasteiger partial charge in [0.1, 0.15) is 12.4 Å². The summed E-state index contributed by atoms with van der Waals surface area (Å²) >= 11 is 0. The van der Waals surface area contributed by atoms with Gasteiger partial charge in [-0.3, -0.25) is 9.69 Å². The van der Waals surface area contributed by atoms with Crippen molar-refractivity contribution in [1.82, 2.24) is 9.80 Å². The maximum Gasteiger partial charge on any atom is 0.321 e. The minimum Gasteiger partial charge on any atom is -0.489 e. The summed E-state index contributed by atoms with van der Waals surface area (Å²) in [5, 5.41) is 2.95. The molecule has 3 aromatic carbocycles. The number of urea groups is 1. The lowest BCUT2D eigenvalue weighted by atomic mass is 10.2. The smallest absolute Gasteiger partial charge is 0.321 e. The summed E-state index contributed by atoms with van der Waals surface area (Å²) < 4.78 is 5.80. The molecule has 1 saturated heterocycles. The molecular weight excluding hydrogens is 428 g/mol. The Balaban J connectivity index is 1.20. The van der Waals surface area contributed by atoms with E-state index >= 15 is 0 Å². The van der Waals surface area contributed by atoms with Crippen LogP contribution in [0.4, 0.5) is 16.2 Å². The van der Waals surface area contributed by atoms with Gasteiger partial charge in [0.25, 0.3) is 0 Å². The van der Waals surface area contributed by atoms with E-state index < -0.39 is 0 Å². The summed E-state index contributed by atoms with van der Waals surface area (Å²) in [6.45, 7) is 3.31. The molecule has 1 aliphatic rings. The number of piperazine rings is 1. The molecule has 0 aliphatic carbocycles. The molecular formula is C27H30N4O3.